The number of benzene rings is 2. The fourth-order valence-electron chi connectivity index (χ4n) is 2.20. The molecule has 0 aliphatic rings. The van der Waals surface area contributed by atoms with Gasteiger partial charge in [0, 0.05) is 19.2 Å². The average Bonchev–Trinajstić information content (AvgIpc) is 2.67. The minimum absolute atomic E-state index is 0. The molecule has 0 fully saturated rings. The summed E-state index contributed by atoms with van der Waals surface area (Å²) in [6, 6.07) is 12.5. The molecular formula is C20H21F3IN3O. The van der Waals surface area contributed by atoms with Crippen LogP contribution in [0.15, 0.2) is 53.5 Å². The topological polar surface area (TPSA) is 45.7 Å². The maximum atomic E-state index is 12.7. The molecule has 28 heavy (non-hydrogen) atoms. The van der Waals surface area contributed by atoms with E-state index >= 15 is 0 Å². The normalized spacial score (nSPS) is 11.0. The predicted molar refractivity (Wildman–Crippen MR) is 115 cm³/mol. The Hall–Kier alpha value is -2.41. The SMILES string of the molecule is CN=C(NCC#Cc1cccc(C(F)(F)F)c1)NCc1ccc(OC)cc1.I. The maximum Gasteiger partial charge on any atom is 0.416 e. The molecular weight excluding hydrogens is 482 g/mol. The summed E-state index contributed by atoms with van der Waals surface area (Å²) in [7, 11) is 3.24. The van der Waals surface area contributed by atoms with Crippen molar-refractivity contribution in [3.05, 3.63) is 65.2 Å². The molecule has 2 rings (SSSR count). The van der Waals surface area contributed by atoms with E-state index in [1.165, 1.54) is 6.07 Å². The molecule has 0 amide bonds. The molecule has 0 heterocycles. The van der Waals surface area contributed by atoms with E-state index in [0.29, 0.717) is 18.1 Å². The minimum atomic E-state index is -4.37. The predicted octanol–water partition coefficient (Wildman–Crippen LogP) is 4.05. The smallest absolute Gasteiger partial charge is 0.416 e. The van der Waals surface area contributed by atoms with Gasteiger partial charge in [0.1, 0.15) is 5.75 Å². The van der Waals surface area contributed by atoms with Crippen LogP contribution in [0.2, 0.25) is 0 Å². The Morgan fingerprint density at radius 2 is 1.82 bits per heavy atom. The number of rotatable bonds is 4. The summed E-state index contributed by atoms with van der Waals surface area (Å²) in [4.78, 5) is 4.08. The first kappa shape index (κ1) is 23.6. The second-order valence-electron chi connectivity index (χ2n) is 5.51. The van der Waals surface area contributed by atoms with E-state index in [2.05, 4.69) is 27.5 Å². The average molecular weight is 503 g/mol. The van der Waals surface area contributed by atoms with E-state index in [1.54, 1.807) is 20.2 Å². The molecule has 0 aromatic heterocycles. The van der Waals surface area contributed by atoms with Crippen LogP contribution in [0.25, 0.3) is 0 Å². The Kier molecular flexibility index (Phi) is 9.65. The highest BCUT2D eigenvalue weighted by Crippen LogP contribution is 2.29. The zero-order valence-corrected chi connectivity index (χ0v) is 17.8. The molecule has 8 heteroatoms. The van der Waals surface area contributed by atoms with E-state index in [4.69, 9.17) is 4.74 Å². The highest BCUT2D eigenvalue weighted by molar-refractivity contribution is 14.0. The number of methoxy groups -OCH3 is 1. The van der Waals surface area contributed by atoms with Gasteiger partial charge in [0.05, 0.1) is 19.2 Å². The van der Waals surface area contributed by atoms with Gasteiger partial charge >= 0.3 is 6.18 Å². The van der Waals surface area contributed by atoms with Gasteiger partial charge in [-0.1, -0.05) is 30.0 Å². The van der Waals surface area contributed by atoms with Crippen LogP contribution in [-0.2, 0) is 12.7 Å². The molecule has 0 atom stereocenters. The summed E-state index contributed by atoms with van der Waals surface area (Å²) in [5.41, 5.74) is 0.654. The van der Waals surface area contributed by atoms with E-state index in [9.17, 15) is 13.2 Å². The van der Waals surface area contributed by atoms with Crippen molar-refractivity contribution in [3.8, 4) is 17.6 Å². The van der Waals surface area contributed by atoms with Crippen LogP contribution in [0.3, 0.4) is 0 Å². The van der Waals surface area contributed by atoms with Crippen molar-refractivity contribution in [1.29, 1.82) is 0 Å². The standard InChI is InChI=1S/C20H20F3N3O.HI/c1-24-19(26-14-16-8-10-18(27-2)11-9-16)25-12-4-6-15-5-3-7-17(13-15)20(21,22)23;/h3,5,7-11,13H,12,14H2,1-2H3,(H2,24,25,26);1H. The van der Waals surface area contributed by atoms with Crippen LogP contribution in [0.5, 0.6) is 5.75 Å². The number of guanidine groups is 1. The summed E-state index contributed by atoms with van der Waals surface area (Å²) in [6.07, 6.45) is -4.37. The molecule has 4 nitrogen and oxygen atoms in total. The largest absolute Gasteiger partial charge is 0.497 e. The van der Waals surface area contributed by atoms with Gasteiger partial charge in [0.2, 0.25) is 0 Å². The summed E-state index contributed by atoms with van der Waals surface area (Å²) < 4.78 is 43.2. The highest BCUT2D eigenvalue weighted by atomic mass is 127. The van der Waals surface area contributed by atoms with E-state index < -0.39 is 11.7 Å². The first-order valence-electron chi connectivity index (χ1n) is 8.16. The lowest BCUT2D eigenvalue weighted by molar-refractivity contribution is -0.137. The molecule has 2 aromatic carbocycles. The lowest BCUT2D eigenvalue weighted by Gasteiger charge is -2.10. The first-order chi connectivity index (χ1) is 12.9. The third kappa shape index (κ3) is 7.68. The molecule has 2 aromatic rings. The van der Waals surface area contributed by atoms with E-state index in [1.807, 2.05) is 24.3 Å². The second-order valence-corrected chi connectivity index (χ2v) is 5.51. The molecule has 0 bridgehead atoms. The van der Waals surface area contributed by atoms with Gasteiger partial charge in [0.15, 0.2) is 5.96 Å². The number of ether oxygens (including phenoxy) is 1. The molecule has 0 spiro atoms. The molecule has 2 N–H and O–H groups in total. The Balaban J connectivity index is 0.00000392. The number of halogens is 4. The lowest BCUT2D eigenvalue weighted by atomic mass is 10.1. The van der Waals surface area contributed by atoms with Crippen molar-refractivity contribution < 1.29 is 17.9 Å². The van der Waals surface area contributed by atoms with Crippen molar-refractivity contribution in [2.45, 2.75) is 12.7 Å². The van der Waals surface area contributed by atoms with Crippen molar-refractivity contribution >= 4 is 29.9 Å². The third-order valence-electron chi connectivity index (χ3n) is 3.61. The van der Waals surface area contributed by atoms with Crippen LogP contribution in [-0.4, -0.2) is 26.7 Å². The highest BCUT2D eigenvalue weighted by Gasteiger charge is 2.30. The van der Waals surface area contributed by atoms with Gasteiger partial charge in [-0.25, -0.2) is 0 Å². The van der Waals surface area contributed by atoms with Crippen molar-refractivity contribution in [3.63, 3.8) is 0 Å². The van der Waals surface area contributed by atoms with E-state index in [-0.39, 0.29) is 30.5 Å². The molecule has 0 aliphatic heterocycles. The number of nitrogens with one attached hydrogen (secondary N) is 2. The Morgan fingerprint density at radius 3 is 2.43 bits per heavy atom. The number of alkyl halides is 3. The summed E-state index contributed by atoms with van der Waals surface area (Å²) in [6.45, 7) is 0.809. The van der Waals surface area contributed by atoms with Crippen LogP contribution >= 0.6 is 24.0 Å². The van der Waals surface area contributed by atoms with Crippen LogP contribution < -0.4 is 15.4 Å². The molecule has 0 aliphatic carbocycles. The maximum absolute atomic E-state index is 12.7. The summed E-state index contributed by atoms with van der Waals surface area (Å²) >= 11 is 0. The first-order valence-corrected chi connectivity index (χ1v) is 8.16. The Labute approximate surface area is 179 Å². The van der Waals surface area contributed by atoms with Crippen molar-refractivity contribution in [2.24, 2.45) is 4.99 Å². The Morgan fingerprint density at radius 1 is 1.11 bits per heavy atom. The molecule has 0 unspecified atom stereocenters. The molecule has 0 saturated heterocycles. The fourth-order valence-corrected chi connectivity index (χ4v) is 2.20. The number of hydrogen-bond donors (Lipinski definition) is 2. The zero-order chi connectivity index (χ0) is 19.7. The quantitative estimate of drug-likeness (QED) is 0.287. The summed E-state index contributed by atoms with van der Waals surface area (Å²) in [5.74, 6) is 6.84. The van der Waals surface area contributed by atoms with Gasteiger partial charge in [0.25, 0.3) is 0 Å². The second kappa shape index (κ2) is 11.4. The van der Waals surface area contributed by atoms with Crippen molar-refractivity contribution in [2.75, 3.05) is 20.7 Å². The Bertz CT molecular complexity index is 840. The number of hydrogen-bond acceptors (Lipinski definition) is 2. The van der Waals surface area contributed by atoms with Gasteiger partial charge < -0.3 is 15.4 Å². The molecule has 0 saturated carbocycles. The van der Waals surface area contributed by atoms with Crippen LogP contribution in [0.4, 0.5) is 13.2 Å². The lowest BCUT2D eigenvalue weighted by Crippen LogP contribution is -2.36. The molecule has 150 valence electrons. The molecule has 0 radical (unpaired) electrons. The zero-order valence-electron chi connectivity index (χ0n) is 15.4. The number of aliphatic imine (C=N–C) groups is 1. The van der Waals surface area contributed by atoms with Gasteiger partial charge in [-0.15, -0.1) is 24.0 Å². The van der Waals surface area contributed by atoms with Gasteiger partial charge in [-0.05, 0) is 35.9 Å². The van der Waals surface area contributed by atoms with Crippen LogP contribution in [0, 0.1) is 11.8 Å². The fraction of sp³-hybridized carbons (Fsp3) is 0.250. The van der Waals surface area contributed by atoms with Crippen LogP contribution in [0.1, 0.15) is 16.7 Å². The van der Waals surface area contributed by atoms with E-state index in [0.717, 1.165) is 23.4 Å². The third-order valence-corrected chi connectivity index (χ3v) is 3.61. The van der Waals surface area contributed by atoms with Gasteiger partial charge in [-0.3, -0.25) is 4.99 Å². The monoisotopic (exact) mass is 503 g/mol. The summed E-state index contributed by atoms with van der Waals surface area (Å²) in [5, 5.41) is 6.13. The van der Waals surface area contributed by atoms with Gasteiger partial charge in [-0.2, -0.15) is 13.2 Å². The number of nitrogens with zero attached hydrogens (tertiary/aromatic N) is 1. The van der Waals surface area contributed by atoms with Crippen molar-refractivity contribution in [1.82, 2.24) is 10.6 Å². The minimum Gasteiger partial charge on any atom is -0.497 e.